The van der Waals surface area contributed by atoms with Crippen molar-refractivity contribution in [1.29, 1.82) is 0 Å². The van der Waals surface area contributed by atoms with Gasteiger partial charge in [0, 0.05) is 18.8 Å². The molecule has 5 heteroatoms. The van der Waals surface area contributed by atoms with Crippen LogP contribution >= 0.6 is 0 Å². The Morgan fingerprint density at radius 1 is 1.37 bits per heavy atom. The number of amides is 1. The predicted molar refractivity (Wildman–Crippen MR) is 68.4 cm³/mol. The van der Waals surface area contributed by atoms with Gasteiger partial charge in [-0.2, -0.15) is 0 Å². The van der Waals surface area contributed by atoms with Crippen LogP contribution in [0.4, 0.5) is 5.69 Å². The molecule has 100 valence electrons. The normalized spacial score (nSPS) is 21.5. The largest absolute Gasteiger partial charge is 0.478 e. The van der Waals surface area contributed by atoms with E-state index in [4.69, 9.17) is 9.84 Å². The summed E-state index contributed by atoms with van der Waals surface area (Å²) in [6.07, 6.45) is 2.08. The Bertz CT molecular complexity index is 534. The molecule has 0 aromatic heterocycles. The second kappa shape index (κ2) is 4.66. The first-order chi connectivity index (χ1) is 9.16. The second-order valence-corrected chi connectivity index (χ2v) is 4.89. The quantitative estimate of drug-likeness (QED) is 0.875. The molecule has 1 aromatic carbocycles. The molecule has 1 aromatic rings. The zero-order valence-corrected chi connectivity index (χ0v) is 10.5. The van der Waals surface area contributed by atoms with E-state index in [2.05, 4.69) is 0 Å². The van der Waals surface area contributed by atoms with Crippen molar-refractivity contribution in [3.05, 3.63) is 29.3 Å². The number of nitrogens with zero attached hydrogens (tertiary/aromatic N) is 1. The first-order valence-electron chi connectivity index (χ1n) is 6.46. The van der Waals surface area contributed by atoms with E-state index in [1.54, 1.807) is 23.1 Å². The van der Waals surface area contributed by atoms with Crippen molar-refractivity contribution in [3.8, 4) is 0 Å². The maximum absolute atomic E-state index is 12.3. The third-order valence-corrected chi connectivity index (χ3v) is 3.69. The fourth-order valence-corrected chi connectivity index (χ4v) is 2.71. The fraction of sp³-hybridized carbons (Fsp3) is 0.429. The van der Waals surface area contributed by atoms with Gasteiger partial charge in [0.2, 0.25) is 0 Å². The summed E-state index contributed by atoms with van der Waals surface area (Å²) >= 11 is 0. The number of carboxylic acid groups (broad SMARTS) is 1. The smallest absolute Gasteiger partial charge is 0.335 e. The number of carbonyl (C=O) groups is 2. The molecule has 3 rings (SSSR count). The minimum atomic E-state index is -0.938. The number of hydrogen-bond donors (Lipinski definition) is 1. The lowest BCUT2D eigenvalue weighted by Crippen LogP contribution is -2.37. The topological polar surface area (TPSA) is 66.8 Å². The van der Waals surface area contributed by atoms with E-state index in [0.717, 1.165) is 24.1 Å². The average molecular weight is 261 g/mol. The van der Waals surface area contributed by atoms with Crippen LogP contribution in [-0.4, -0.2) is 36.2 Å². The molecule has 1 amide bonds. The third kappa shape index (κ3) is 2.10. The van der Waals surface area contributed by atoms with Gasteiger partial charge >= 0.3 is 5.97 Å². The summed E-state index contributed by atoms with van der Waals surface area (Å²) in [4.78, 5) is 25.0. The lowest BCUT2D eigenvalue weighted by molar-refractivity contribution is -0.127. The van der Waals surface area contributed by atoms with Gasteiger partial charge in [0.05, 0.1) is 5.56 Å². The zero-order valence-electron chi connectivity index (χ0n) is 10.5. The second-order valence-electron chi connectivity index (χ2n) is 4.89. The number of hydrogen-bond acceptors (Lipinski definition) is 3. The molecule has 0 aliphatic carbocycles. The van der Waals surface area contributed by atoms with Gasteiger partial charge < -0.3 is 14.7 Å². The van der Waals surface area contributed by atoms with Crippen LogP contribution in [-0.2, 0) is 16.0 Å². The number of fused-ring (bicyclic) bond motifs is 1. The van der Waals surface area contributed by atoms with E-state index in [0.29, 0.717) is 19.6 Å². The fourth-order valence-electron chi connectivity index (χ4n) is 2.71. The first kappa shape index (κ1) is 12.2. The number of carbonyl (C=O) groups excluding carboxylic acids is 1. The van der Waals surface area contributed by atoms with Crippen LogP contribution < -0.4 is 4.90 Å². The molecule has 2 aliphatic heterocycles. The van der Waals surface area contributed by atoms with Crippen molar-refractivity contribution in [2.75, 3.05) is 18.1 Å². The first-order valence-corrected chi connectivity index (χ1v) is 6.46. The Hall–Kier alpha value is -1.88. The van der Waals surface area contributed by atoms with E-state index in [1.807, 2.05) is 0 Å². The van der Waals surface area contributed by atoms with Gasteiger partial charge in [-0.1, -0.05) is 0 Å². The van der Waals surface area contributed by atoms with E-state index >= 15 is 0 Å². The molecular weight excluding hydrogens is 246 g/mol. The average Bonchev–Trinajstić information content (AvgIpc) is 3.06. The maximum atomic E-state index is 12.3. The number of aromatic carboxylic acids is 1. The summed E-state index contributed by atoms with van der Waals surface area (Å²) in [7, 11) is 0. The van der Waals surface area contributed by atoms with E-state index < -0.39 is 5.97 Å². The Morgan fingerprint density at radius 3 is 2.89 bits per heavy atom. The van der Waals surface area contributed by atoms with Crippen LogP contribution in [0.1, 0.15) is 28.8 Å². The molecule has 19 heavy (non-hydrogen) atoms. The van der Waals surface area contributed by atoms with Crippen molar-refractivity contribution in [2.45, 2.75) is 25.4 Å². The Kier molecular flexibility index (Phi) is 2.98. The van der Waals surface area contributed by atoms with E-state index in [9.17, 15) is 9.59 Å². The predicted octanol–water partition coefficient (Wildman–Crippen LogP) is 1.45. The molecule has 2 aliphatic rings. The highest BCUT2D eigenvalue weighted by Gasteiger charge is 2.32. The summed E-state index contributed by atoms with van der Waals surface area (Å²) in [5.41, 5.74) is 2.02. The molecule has 0 spiro atoms. The lowest BCUT2D eigenvalue weighted by atomic mass is 10.1. The van der Waals surface area contributed by atoms with Gasteiger partial charge in [-0.05, 0) is 43.0 Å². The van der Waals surface area contributed by atoms with Gasteiger partial charge in [0.15, 0.2) is 0 Å². The molecule has 0 saturated carbocycles. The highest BCUT2D eigenvalue weighted by molar-refractivity contribution is 5.99. The van der Waals surface area contributed by atoms with Gasteiger partial charge in [0.1, 0.15) is 6.10 Å². The number of rotatable bonds is 2. The Labute approximate surface area is 110 Å². The van der Waals surface area contributed by atoms with Gasteiger partial charge in [-0.3, -0.25) is 4.79 Å². The minimum absolute atomic E-state index is 0.000625. The van der Waals surface area contributed by atoms with Crippen LogP contribution in [0.25, 0.3) is 0 Å². The minimum Gasteiger partial charge on any atom is -0.478 e. The number of anilines is 1. The van der Waals surface area contributed by atoms with Crippen LogP contribution in [0.15, 0.2) is 18.2 Å². The summed E-state index contributed by atoms with van der Waals surface area (Å²) in [6.45, 7) is 1.26. The number of ether oxygens (including phenoxy) is 1. The Morgan fingerprint density at radius 2 is 2.21 bits per heavy atom. The summed E-state index contributed by atoms with van der Waals surface area (Å²) in [5.74, 6) is -0.939. The molecular formula is C14H15NO4. The number of benzene rings is 1. The SMILES string of the molecule is O=C(O)c1ccc2c(c1)CCN2C(=O)[C@H]1CCCO1. The highest BCUT2D eigenvalue weighted by atomic mass is 16.5. The molecule has 0 radical (unpaired) electrons. The van der Waals surface area contributed by atoms with Gasteiger partial charge in [0.25, 0.3) is 5.91 Å². The summed E-state index contributed by atoms with van der Waals surface area (Å²) in [5, 5.41) is 8.96. The molecule has 1 N–H and O–H groups in total. The lowest BCUT2D eigenvalue weighted by Gasteiger charge is -2.20. The molecule has 0 bridgehead atoms. The van der Waals surface area contributed by atoms with Crippen LogP contribution in [0, 0.1) is 0 Å². The van der Waals surface area contributed by atoms with Crippen LogP contribution in [0.3, 0.4) is 0 Å². The third-order valence-electron chi connectivity index (χ3n) is 3.69. The number of carboxylic acids is 1. The van der Waals surface area contributed by atoms with Crippen molar-refractivity contribution in [1.82, 2.24) is 0 Å². The van der Waals surface area contributed by atoms with Crippen molar-refractivity contribution < 1.29 is 19.4 Å². The van der Waals surface area contributed by atoms with Gasteiger partial charge in [-0.25, -0.2) is 4.79 Å². The Balaban J connectivity index is 1.85. The van der Waals surface area contributed by atoms with Crippen molar-refractivity contribution in [3.63, 3.8) is 0 Å². The monoisotopic (exact) mass is 261 g/mol. The molecule has 1 atom stereocenters. The van der Waals surface area contributed by atoms with Crippen molar-refractivity contribution in [2.24, 2.45) is 0 Å². The summed E-state index contributed by atoms with van der Waals surface area (Å²) in [6, 6.07) is 4.92. The maximum Gasteiger partial charge on any atom is 0.335 e. The molecule has 0 unspecified atom stereocenters. The standard InChI is InChI=1S/C14H15NO4/c16-13(12-2-1-7-19-12)15-6-5-9-8-10(14(17)18)3-4-11(9)15/h3-4,8,12H,1-2,5-7H2,(H,17,18)/t12-/m1/s1. The zero-order chi connectivity index (χ0) is 13.4. The van der Waals surface area contributed by atoms with E-state index in [1.165, 1.54) is 0 Å². The molecule has 5 nitrogen and oxygen atoms in total. The molecule has 1 fully saturated rings. The summed E-state index contributed by atoms with van der Waals surface area (Å²) < 4.78 is 5.42. The molecule has 2 heterocycles. The van der Waals surface area contributed by atoms with E-state index in [-0.39, 0.29) is 17.6 Å². The van der Waals surface area contributed by atoms with Crippen LogP contribution in [0.2, 0.25) is 0 Å². The van der Waals surface area contributed by atoms with Crippen molar-refractivity contribution >= 4 is 17.6 Å². The van der Waals surface area contributed by atoms with Gasteiger partial charge in [-0.15, -0.1) is 0 Å². The van der Waals surface area contributed by atoms with Crippen LogP contribution in [0.5, 0.6) is 0 Å². The molecule has 1 saturated heterocycles. The highest BCUT2D eigenvalue weighted by Crippen LogP contribution is 2.30.